The van der Waals surface area contributed by atoms with Crippen LogP contribution in [0.4, 0.5) is 10.1 Å². The SMILES string of the molecule is CCOC(=O)c1c(S(=O)(=O)N2CCN(c3ccccc3F)CC2)n[nH]c1C. The second-order valence-corrected chi connectivity index (χ2v) is 7.95. The first-order valence-corrected chi connectivity index (χ1v) is 10.0. The molecule has 0 amide bonds. The van der Waals surface area contributed by atoms with Crippen LogP contribution in [0.1, 0.15) is 23.0 Å². The molecule has 0 radical (unpaired) electrons. The maximum Gasteiger partial charge on any atom is 0.343 e. The Morgan fingerprint density at radius 3 is 2.56 bits per heavy atom. The molecule has 1 aromatic heterocycles. The van der Waals surface area contributed by atoms with Crippen LogP contribution in [-0.4, -0.2) is 61.7 Å². The molecule has 0 aliphatic carbocycles. The maximum atomic E-state index is 13.9. The Bertz CT molecular complexity index is 936. The van der Waals surface area contributed by atoms with E-state index in [4.69, 9.17) is 4.74 Å². The van der Waals surface area contributed by atoms with Crippen molar-refractivity contribution in [2.45, 2.75) is 18.9 Å². The number of aromatic nitrogens is 2. The number of hydrogen-bond donors (Lipinski definition) is 1. The van der Waals surface area contributed by atoms with Gasteiger partial charge >= 0.3 is 5.97 Å². The second kappa shape index (κ2) is 7.65. The lowest BCUT2D eigenvalue weighted by Crippen LogP contribution is -2.49. The van der Waals surface area contributed by atoms with Gasteiger partial charge in [-0.3, -0.25) is 5.10 Å². The fraction of sp³-hybridized carbons (Fsp3) is 0.412. The molecule has 8 nitrogen and oxygen atoms in total. The van der Waals surface area contributed by atoms with Gasteiger partial charge in [-0.1, -0.05) is 12.1 Å². The largest absolute Gasteiger partial charge is 0.462 e. The number of halogens is 1. The number of carbonyl (C=O) groups excluding carboxylic acids is 1. The molecule has 2 heterocycles. The average molecular weight is 396 g/mol. The lowest BCUT2D eigenvalue weighted by molar-refractivity contribution is 0.0520. The smallest absolute Gasteiger partial charge is 0.343 e. The van der Waals surface area contributed by atoms with Crippen molar-refractivity contribution in [3.63, 3.8) is 0 Å². The molecule has 0 atom stereocenters. The van der Waals surface area contributed by atoms with Crippen LogP contribution in [-0.2, 0) is 14.8 Å². The summed E-state index contributed by atoms with van der Waals surface area (Å²) >= 11 is 0. The van der Waals surface area contributed by atoms with Crippen molar-refractivity contribution in [1.82, 2.24) is 14.5 Å². The van der Waals surface area contributed by atoms with Crippen LogP contribution in [0.15, 0.2) is 29.3 Å². The predicted molar refractivity (Wildman–Crippen MR) is 96.7 cm³/mol. The minimum atomic E-state index is -3.98. The van der Waals surface area contributed by atoms with E-state index in [9.17, 15) is 17.6 Å². The third kappa shape index (κ3) is 3.67. The lowest BCUT2D eigenvalue weighted by atomic mass is 10.2. The molecule has 1 aliphatic rings. The predicted octanol–water partition coefficient (Wildman–Crippen LogP) is 1.54. The minimum Gasteiger partial charge on any atom is -0.462 e. The molecule has 0 spiro atoms. The lowest BCUT2D eigenvalue weighted by Gasteiger charge is -2.35. The van der Waals surface area contributed by atoms with Gasteiger partial charge in [-0.25, -0.2) is 17.6 Å². The van der Waals surface area contributed by atoms with Gasteiger partial charge in [0, 0.05) is 31.9 Å². The first kappa shape index (κ1) is 19.3. The van der Waals surface area contributed by atoms with Crippen LogP contribution in [0.2, 0.25) is 0 Å². The van der Waals surface area contributed by atoms with Gasteiger partial charge in [0.25, 0.3) is 10.0 Å². The summed E-state index contributed by atoms with van der Waals surface area (Å²) in [5.74, 6) is -1.08. The summed E-state index contributed by atoms with van der Waals surface area (Å²) in [6, 6.07) is 6.38. The molecule has 0 saturated carbocycles. The molecule has 0 bridgehead atoms. The van der Waals surface area contributed by atoms with Gasteiger partial charge in [0.05, 0.1) is 12.3 Å². The maximum absolute atomic E-state index is 13.9. The summed E-state index contributed by atoms with van der Waals surface area (Å²) in [6.07, 6.45) is 0. The zero-order chi connectivity index (χ0) is 19.6. The number of sulfonamides is 1. The second-order valence-electron chi connectivity index (χ2n) is 6.09. The molecule has 1 saturated heterocycles. The Morgan fingerprint density at radius 2 is 1.93 bits per heavy atom. The zero-order valence-corrected chi connectivity index (χ0v) is 15.9. The van der Waals surface area contributed by atoms with Crippen molar-refractivity contribution in [3.05, 3.63) is 41.3 Å². The minimum absolute atomic E-state index is 0.0756. The van der Waals surface area contributed by atoms with Crippen LogP contribution in [0.25, 0.3) is 0 Å². The average Bonchev–Trinajstić information content (AvgIpc) is 3.05. The highest BCUT2D eigenvalue weighted by molar-refractivity contribution is 7.89. The molecule has 1 N–H and O–H groups in total. The van der Waals surface area contributed by atoms with E-state index < -0.39 is 16.0 Å². The van der Waals surface area contributed by atoms with Crippen molar-refractivity contribution < 1.29 is 22.3 Å². The molecule has 3 rings (SSSR count). The monoisotopic (exact) mass is 396 g/mol. The first-order valence-electron chi connectivity index (χ1n) is 8.58. The highest BCUT2D eigenvalue weighted by Crippen LogP contribution is 2.25. The van der Waals surface area contributed by atoms with Crippen molar-refractivity contribution in [2.75, 3.05) is 37.7 Å². The van der Waals surface area contributed by atoms with E-state index in [1.54, 1.807) is 36.9 Å². The fourth-order valence-corrected chi connectivity index (χ4v) is 4.58. The van der Waals surface area contributed by atoms with E-state index in [1.165, 1.54) is 10.4 Å². The summed E-state index contributed by atoms with van der Waals surface area (Å²) in [7, 11) is -3.98. The number of nitrogens with one attached hydrogen (secondary N) is 1. The highest BCUT2D eigenvalue weighted by Gasteiger charge is 2.35. The van der Waals surface area contributed by atoms with Gasteiger partial charge in [0.2, 0.25) is 5.03 Å². The summed E-state index contributed by atoms with van der Waals surface area (Å²) in [4.78, 5) is 13.9. The Kier molecular flexibility index (Phi) is 5.47. The van der Waals surface area contributed by atoms with Gasteiger partial charge in [-0.05, 0) is 26.0 Å². The van der Waals surface area contributed by atoms with Crippen molar-refractivity contribution in [2.24, 2.45) is 0 Å². The number of aromatic amines is 1. The van der Waals surface area contributed by atoms with Crippen LogP contribution in [0, 0.1) is 12.7 Å². The van der Waals surface area contributed by atoms with E-state index in [0.717, 1.165) is 0 Å². The third-order valence-electron chi connectivity index (χ3n) is 4.41. The number of rotatable bonds is 5. The molecule has 1 aromatic carbocycles. The van der Waals surface area contributed by atoms with Crippen molar-refractivity contribution in [3.8, 4) is 0 Å². The molecular formula is C17H21FN4O4S. The third-order valence-corrected chi connectivity index (χ3v) is 6.24. The van der Waals surface area contributed by atoms with Crippen LogP contribution >= 0.6 is 0 Å². The standard InChI is InChI=1S/C17H21FN4O4S/c1-3-26-17(23)15-12(2)19-20-16(15)27(24,25)22-10-8-21(9-11-22)14-7-5-4-6-13(14)18/h4-7H,3,8-11H2,1-2H3,(H,19,20). The van der Waals surface area contributed by atoms with E-state index >= 15 is 0 Å². The Labute approximate surface area is 157 Å². The molecule has 0 unspecified atom stereocenters. The number of nitrogens with zero attached hydrogens (tertiary/aromatic N) is 3. The number of ether oxygens (including phenoxy) is 1. The Balaban J connectivity index is 1.80. The van der Waals surface area contributed by atoms with Gasteiger partial charge in [0.1, 0.15) is 11.4 Å². The number of aryl methyl sites for hydroxylation is 1. The molecule has 2 aromatic rings. The first-order chi connectivity index (χ1) is 12.9. The number of anilines is 1. The van der Waals surface area contributed by atoms with Gasteiger partial charge in [0.15, 0.2) is 0 Å². The van der Waals surface area contributed by atoms with E-state index in [0.29, 0.717) is 24.5 Å². The number of carbonyl (C=O) groups is 1. The molecular weight excluding hydrogens is 375 g/mol. The summed E-state index contributed by atoms with van der Waals surface area (Å²) < 4.78 is 46.1. The van der Waals surface area contributed by atoms with Crippen LogP contribution in [0.3, 0.4) is 0 Å². The van der Waals surface area contributed by atoms with Crippen molar-refractivity contribution in [1.29, 1.82) is 0 Å². The quantitative estimate of drug-likeness (QED) is 0.771. The molecule has 10 heteroatoms. The number of piperazine rings is 1. The summed E-state index contributed by atoms with van der Waals surface area (Å²) in [6.45, 7) is 4.31. The molecule has 1 aliphatic heterocycles. The number of hydrogen-bond acceptors (Lipinski definition) is 6. The van der Waals surface area contributed by atoms with E-state index in [-0.39, 0.29) is 36.1 Å². The van der Waals surface area contributed by atoms with Crippen LogP contribution in [0.5, 0.6) is 0 Å². The number of para-hydroxylation sites is 1. The zero-order valence-electron chi connectivity index (χ0n) is 15.1. The van der Waals surface area contributed by atoms with E-state index in [2.05, 4.69) is 10.2 Å². The highest BCUT2D eigenvalue weighted by atomic mass is 32.2. The van der Waals surface area contributed by atoms with Gasteiger partial charge in [-0.2, -0.15) is 9.40 Å². The summed E-state index contributed by atoms with van der Waals surface area (Å²) in [5.41, 5.74) is 0.697. The normalized spacial score (nSPS) is 15.7. The topological polar surface area (TPSA) is 95.6 Å². The Morgan fingerprint density at radius 1 is 1.26 bits per heavy atom. The van der Waals surface area contributed by atoms with Crippen LogP contribution < -0.4 is 4.90 Å². The number of benzene rings is 1. The van der Waals surface area contributed by atoms with Crippen molar-refractivity contribution >= 4 is 21.7 Å². The van der Waals surface area contributed by atoms with E-state index in [1.807, 2.05) is 0 Å². The number of esters is 1. The molecule has 1 fully saturated rings. The molecule has 146 valence electrons. The van der Waals surface area contributed by atoms with Gasteiger partial charge in [-0.15, -0.1) is 0 Å². The fourth-order valence-electron chi connectivity index (χ4n) is 3.04. The van der Waals surface area contributed by atoms with Gasteiger partial charge < -0.3 is 9.64 Å². The summed E-state index contributed by atoms with van der Waals surface area (Å²) in [5, 5.41) is 6.04. The number of H-pyrrole nitrogens is 1. The molecule has 27 heavy (non-hydrogen) atoms. The Hall–Kier alpha value is -2.46.